The van der Waals surface area contributed by atoms with Crippen LogP contribution in [0.25, 0.3) is 6.08 Å². The Morgan fingerprint density at radius 3 is 2.76 bits per heavy atom. The van der Waals surface area contributed by atoms with E-state index in [9.17, 15) is 14.4 Å². The minimum Gasteiger partial charge on any atom is -0.478 e. The van der Waals surface area contributed by atoms with E-state index < -0.39 is 17.4 Å². The fourth-order valence-electron chi connectivity index (χ4n) is 1.55. The number of carbonyl (C=O) groups is 2. The number of carboxylic acid groups (broad SMARTS) is 1. The van der Waals surface area contributed by atoms with Crippen molar-refractivity contribution in [1.29, 1.82) is 0 Å². The number of anilines is 1. The number of aromatic amines is 1. The molecule has 0 aliphatic heterocycles. The van der Waals surface area contributed by atoms with Crippen LogP contribution >= 0.6 is 0 Å². The molecule has 7 nitrogen and oxygen atoms in total. The van der Waals surface area contributed by atoms with Gasteiger partial charge in [0.15, 0.2) is 0 Å². The maximum Gasteiger partial charge on any atom is 0.328 e. The van der Waals surface area contributed by atoms with E-state index in [0.29, 0.717) is 5.69 Å². The Morgan fingerprint density at radius 1 is 1.24 bits per heavy atom. The molecule has 0 aliphatic carbocycles. The van der Waals surface area contributed by atoms with Gasteiger partial charge in [0.1, 0.15) is 11.4 Å². The molecule has 3 N–H and O–H groups in total. The van der Waals surface area contributed by atoms with Crippen molar-refractivity contribution in [2.75, 3.05) is 5.32 Å². The van der Waals surface area contributed by atoms with E-state index >= 15 is 0 Å². The molecule has 0 unspecified atom stereocenters. The summed E-state index contributed by atoms with van der Waals surface area (Å²) >= 11 is 0. The van der Waals surface area contributed by atoms with E-state index in [0.717, 1.165) is 6.08 Å². The molecular weight excluding hydrogens is 274 g/mol. The molecule has 106 valence electrons. The Hall–Kier alpha value is -3.22. The molecule has 0 aromatic carbocycles. The highest BCUT2D eigenvalue weighted by molar-refractivity contribution is 6.03. The van der Waals surface area contributed by atoms with Gasteiger partial charge in [0.2, 0.25) is 0 Å². The molecule has 0 atom stereocenters. The highest BCUT2D eigenvalue weighted by Gasteiger charge is 2.10. The van der Waals surface area contributed by atoms with Crippen molar-refractivity contribution in [2.24, 2.45) is 0 Å². The lowest BCUT2D eigenvalue weighted by atomic mass is 10.2. The van der Waals surface area contributed by atoms with E-state index in [2.05, 4.69) is 15.3 Å². The van der Waals surface area contributed by atoms with Crippen LogP contribution in [0.3, 0.4) is 0 Å². The summed E-state index contributed by atoms with van der Waals surface area (Å²) in [6.07, 6.45) is 3.66. The minimum atomic E-state index is -1.10. The molecule has 0 aliphatic rings. The Labute approximate surface area is 119 Å². The maximum absolute atomic E-state index is 11.9. The molecular formula is C14H11N3O4. The first-order valence-electron chi connectivity index (χ1n) is 5.93. The van der Waals surface area contributed by atoms with Gasteiger partial charge in [-0.1, -0.05) is 6.07 Å². The molecule has 2 rings (SSSR count). The topological polar surface area (TPSA) is 112 Å². The average molecular weight is 285 g/mol. The molecule has 2 aromatic rings. The van der Waals surface area contributed by atoms with Crippen LogP contribution in [0.5, 0.6) is 0 Å². The van der Waals surface area contributed by atoms with E-state index in [-0.39, 0.29) is 11.4 Å². The van der Waals surface area contributed by atoms with Gasteiger partial charge in [0, 0.05) is 12.3 Å². The van der Waals surface area contributed by atoms with Crippen molar-refractivity contribution >= 4 is 23.8 Å². The van der Waals surface area contributed by atoms with Crippen LogP contribution in [0.1, 0.15) is 16.1 Å². The van der Waals surface area contributed by atoms with Crippen molar-refractivity contribution in [1.82, 2.24) is 9.97 Å². The first kappa shape index (κ1) is 14.2. The Balaban J connectivity index is 2.19. The molecule has 0 radical (unpaired) electrons. The third kappa shape index (κ3) is 3.87. The van der Waals surface area contributed by atoms with Gasteiger partial charge in [-0.05, 0) is 30.3 Å². The predicted octanol–water partition coefficient (Wildman–Crippen LogP) is 1.12. The number of nitrogens with zero attached hydrogens (tertiary/aromatic N) is 1. The SMILES string of the molecule is O=C(O)C=Cc1cccc(NC(=O)c2ccc[nH]c2=O)n1. The van der Waals surface area contributed by atoms with E-state index in [4.69, 9.17) is 5.11 Å². The van der Waals surface area contributed by atoms with E-state index in [1.807, 2.05) is 0 Å². The smallest absolute Gasteiger partial charge is 0.328 e. The standard InChI is InChI=1S/C14H11N3O4/c18-12(19)7-6-9-3-1-5-11(16-9)17-14(21)10-4-2-8-15-13(10)20/h1-8H,(H,15,20)(H,18,19)(H,16,17,21). The lowest BCUT2D eigenvalue weighted by Crippen LogP contribution is -2.22. The number of aliphatic carboxylic acids is 1. The normalized spacial score (nSPS) is 10.5. The lowest BCUT2D eigenvalue weighted by molar-refractivity contribution is -0.131. The number of amides is 1. The van der Waals surface area contributed by atoms with Gasteiger partial charge in [0.05, 0.1) is 5.69 Å². The zero-order chi connectivity index (χ0) is 15.2. The van der Waals surface area contributed by atoms with E-state index in [1.165, 1.54) is 30.5 Å². The number of hydrogen-bond acceptors (Lipinski definition) is 4. The quantitative estimate of drug-likeness (QED) is 0.729. The fourth-order valence-corrected chi connectivity index (χ4v) is 1.55. The highest BCUT2D eigenvalue weighted by Crippen LogP contribution is 2.07. The fraction of sp³-hybridized carbons (Fsp3) is 0. The maximum atomic E-state index is 11.9. The first-order valence-corrected chi connectivity index (χ1v) is 5.93. The van der Waals surface area contributed by atoms with Crippen LogP contribution in [-0.2, 0) is 4.79 Å². The largest absolute Gasteiger partial charge is 0.478 e. The minimum absolute atomic E-state index is 0.0363. The van der Waals surface area contributed by atoms with Crippen LogP contribution in [0.2, 0.25) is 0 Å². The molecule has 0 bridgehead atoms. The third-order valence-corrected chi connectivity index (χ3v) is 2.47. The van der Waals surface area contributed by atoms with Gasteiger partial charge in [-0.3, -0.25) is 9.59 Å². The van der Waals surface area contributed by atoms with Gasteiger partial charge in [0.25, 0.3) is 11.5 Å². The van der Waals surface area contributed by atoms with Gasteiger partial charge in [-0.15, -0.1) is 0 Å². The Morgan fingerprint density at radius 2 is 2.05 bits per heavy atom. The second-order valence-corrected chi connectivity index (χ2v) is 3.99. The van der Waals surface area contributed by atoms with Gasteiger partial charge in [-0.25, -0.2) is 9.78 Å². The first-order chi connectivity index (χ1) is 10.1. The molecule has 0 saturated heterocycles. The van der Waals surface area contributed by atoms with Crippen molar-refractivity contribution in [3.63, 3.8) is 0 Å². The number of rotatable bonds is 4. The number of carbonyl (C=O) groups excluding carboxylic acids is 1. The monoisotopic (exact) mass is 285 g/mol. The summed E-state index contributed by atoms with van der Waals surface area (Å²) in [6, 6.07) is 7.66. The number of H-pyrrole nitrogens is 1. The van der Waals surface area contributed by atoms with Crippen LogP contribution in [0, 0.1) is 0 Å². The third-order valence-electron chi connectivity index (χ3n) is 2.47. The van der Waals surface area contributed by atoms with Crippen LogP contribution in [0.15, 0.2) is 47.4 Å². The molecule has 2 heterocycles. The van der Waals surface area contributed by atoms with Gasteiger partial charge >= 0.3 is 5.97 Å². The predicted molar refractivity (Wildman–Crippen MR) is 75.9 cm³/mol. The molecule has 0 spiro atoms. The number of aromatic nitrogens is 2. The number of carboxylic acids is 1. The Kier molecular flexibility index (Phi) is 4.25. The summed E-state index contributed by atoms with van der Waals surface area (Å²) < 4.78 is 0. The molecule has 21 heavy (non-hydrogen) atoms. The average Bonchev–Trinajstić information content (AvgIpc) is 2.46. The van der Waals surface area contributed by atoms with Crippen LogP contribution < -0.4 is 10.9 Å². The molecule has 2 aromatic heterocycles. The van der Waals surface area contributed by atoms with Crippen LogP contribution in [-0.4, -0.2) is 27.0 Å². The zero-order valence-electron chi connectivity index (χ0n) is 10.7. The number of pyridine rings is 2. The summed E-state index contributed by atoms with van der Waals surface area (Å²) in [4.78, 5) is 40.3. The molecule has 0 fully saturated rings. The summed E-state index contributed by atoms with van der Waals surface area (Å²) in [6.45, 7) is 0. The zero-order valence-corrected chi connectivity index (χ0v) is 10.7. The Bertz CT molecular complexity index is 765. The summed E-state index contributed by atoms with van der Waals surface area (Å²) in [5.41, 5.74) is -0.167. The van der Waals surface area contributed by atoms with Gasteiger partial charge < -0.3 is 15.4 Å². The number of hydrogen-bond donors (Lipinski definition) is 3. The summed E-state index contributed by atoms with van der Waals surface area (Å²) in [5.74, 6) is -1.47. The lowest BCUT2D eigenvalue weighted by Gasteiger charge is -2.04. The highest BCUT2D eigenvalue weighted by atomic mass is 16.4. The molecule has 0 saturated carbocycles. The summed E-state index contributed by atoms with van der Waals surface area (Å²) in [5, 5.41) is 11.0. The number of nitrogens with one attached hydrogen (secondary N) is 2. The van der Waals surface area contributed by atoms with Crippen molar-refractivity contribution in [3.05, 3.63) is 64.2 Å². The van der Waals surface area contributed by atoms with Crippen molar-refractivity contribution in [2.45, 2.75) is 0 Å². The molecule has 1 amide bonds. The van der Waals surface area contributed by atoms with Crippen molar-refractivity contribution in [3.8, 4) is 0 Å². The second kappa shape index (κ2) is 6.29. The van der Waals surface area contributed by atoms with Gasteiger partial charge in [-0.2, -0.15) is 0 Å². The second-order valence-electron chi connectivity index (χ2n) is 3.99. The van der Waals surface area contributed by atoms with E-state index in [1.54, 1.807) is 12.1 Å². The summed E-state index contributed by atoms with van der Waals surface area (Å²) in [7, 11) is 0. The molecule has 7 heteroatoms. The van der Waals surface area contributed by atoms with Crippen LogP contribution in [0.4, 0.5) is 5.82 Å². The van der Waals surface area contributed by atoms with Crippen molar-refractivity contribution < 1.29 is 14.7 Å².